The molecule has 168 valence electrons. The molecule has 0 saturated carbocycles. The number of thioether (sulfide) groups is 1. The normalized spacial score (nSPS) is 11.0. The minimum Gasteiger partial charge on any atom is -0.325 e. The van der Waals surface area contributed by atoms with Crippen LogP contribution in [0.2, 0.25) is 0 Å². The van der Waals surface area contributed by atoms with E-state index in [2.05, 4.69) is 24.0 Å². The molecule has 0 bridgehead atoms. The van der Waals surface area contributed by atoms with Gasteiger partial charge in [-0.05, 0) is 43.0 Å². The molecule has 7 heteroatoms. The number of fused-ring (bicyclic) bond motifs is 1. The van der Waals surface area contributed by atoms with Crippen LogP contribution in [-0.4, -0.2) is 21.2 Å². The second-order valence-corrected chi connectivity index (χ2v) is 9.86. The fourth-order valence-corrected chi connectivity index (χ4v) is 5.52. The fourth-order valence-electron chi connectivity index (χ4n) is 3.64. The number of hydrogen-bond donors (Lipinski definition) is 1. The number of carbonyl (C=O) groups is 1. The molecule has 0 radical (unpaired) electrons. The molecule has 0 atom stereocenters. The largest absolute Gasteiger partial charge is 0.325 e. The molecule has 5 nitrogen and oxygen atoms in total. The van der Waals surface area contributed by atoms with Gasteiger partial charge in [0.1, 0.15) is 4.83 Å². The summed E-state index contributed by atoms with van der Waals surface area (Å²) in [6.07, 6.45) is 2.41. The van der Waals surface area contributed by atoms with Gasteiger partial charge in [0.15, 0.2) is 5.16 Å². The van der Waals surface area contributed by atoms with Gasteiger partial charge in [-0.3, -0.25) is 14.2 Å². The molecular weight excluding hydrogens is 450 g/mol. The Morgan fingerprint density at radius 3 is 2.64 bits per heavy atom. The van der Waals surface area contributed by atoms with Crippen LogP contribution in [0.5, 0.6) is 0 Å². The second kappa shape index (κ2) is 10.2. The number of para-hydroxylation sites is 1. The summed E-state index contributed by atoms with van der Waals surface area (Å²) in [5.41, 5.74) is 3.91. The van der Waals surface area contributed by atoms with Gasteiger partial charge in [-0.15, -0.1) is 17.9 Å². The van der Waals surface area contributed by atoms with E-state index in [0.717, 1.165) is 28.1 Å². The van der Waals surface area contributed by atoms with Gasteiger partial charge in [0.25, 0.3) is 5.56 Å². The monoisotopic (exact) mass is 475 g/mol. The van der Waals surface area contributed by atoms with Crippen LogP contribution in [0.4, 0.5) is 5.69 Å². The standard InChI is InChI=1S/C26H25N3O2S2/c1-4-14-29-25(31)23-17(2)18(3)33-24(23)28-26(29)32-16-22(30)27-21-13-9-8-12-20(21)15-19-10-6-5-7-11-19/h4-13H,1,14-16H2,2-3H3,(H,27,30). The summed E-state index contributed by atoms with van der Waals surface area (Å²) in [6.45, 7) is 8.05. The number of carbonyl (C=O) groups excluding carboxylic acids is 1. The lowest BCUT2D eigenvalue weighted by molar-refractivity contribution is -0.113. The first-order valence-corrected chi connectivity index (χ1v) is 12.4. The first-order valence-electron chi connectivity index (χ1n) is 10.6. The zero-order chi connectivity index (χ0) is 23.4. The highest BCUT2D eigenvalue weighted by Gasteiger charge is 2.17. The number of rotatable bonds is 8. The van der Waals surface area contributed by atoms with Crippen LogP contribution in [0.15, 0.2) is 77.2 Å². The third kappa shape index (κ3) is 5.10. The SMILES string of the molecule is C=CCn1c(SCC(=O)Nc2ccccc2Cc2ccccc2)nc2sc(C)c(C)c2c1=O. The highest BCUT2D eigenvalue weighted by molar-refractivity contribution is 7.99. The van der Waals surface area contributed by atoms with E-state index in [1.165, 1.54) is 28.7 Å². The zero-order valence-corrected chi connectivity index (χ0v) is 20.3. The first-order chi connectivity index (χ1) is 16.0. The predicted octanol–water partition coefficient (Wildman–Crippen LogP) is 5.58. The van der Waals surface area contributed by atoms with Gasteiger partial charge in [0.05, 0.1) is 11.1 Å². The average molecular weight is 476 g/mol. The van der Waals surface area contributed by atoms with Crippen molar-refractivity contribution in [1.82, 2.24) is 9.55 Å². The molecule has 0 aliphatic carbocycles. The Labute approximate surface area is 201 Å². The van der Waals surface area contributed by atoms with Crippen LogP contribution in [0.3, 0.4) is 0 Å². The molecule has 0 fully saturated rings. The molecule has 2 heterocycles. The lowest BCUT2D eigenvalue weighted by Gasteiger charge is -2.12. The maximum Gasteiger partial charge on any atom is 0.263 e. The van der Waals surface area contributed by atoms with Crippen molar-refractivity contribution < 1.29 is 4.79 Å². The van der Waals surface area contributed by atoms with Crippen molar-refractivity contribution in [2.24, 2.45) is 0 Å². The zero-order valence-electron chi connectivity index (χ0n) is 18.6. The summed E-state index contributed by atoms with van der Waals surface area (Å²) in [5, 5.41) is 4.21. The van der Waals surface area contributed by atoms with Gasteiger partial charge in [-0.25, -0.2) is 4.98 Å². The third-order valence-corrected chi connectivity index (χ3v) is 7.50. The number of benzene rings is 2. The molecule has 0 aliphatic rings. The van der Waals surface area contributed by atoms with Gasteiger partial charge in [0.2, 0.25) is 5.91 Å². The van der Waals surface area contributed by atoms with E-state index in [0.29, 0.717) is 21.9 Å². The van der Waals surface area contributed by atoms with E-state index in [-0.39, 0.29) is 17.2 Å². The Morgan fingerprint density at radius 2 is 1.88 bits per heavy atom. The molecule has 1 amide bonds. The van der Waals surface area contributed by atoms with Crippen molar-refractivity contribution in [3.63, 3.8) is 0 Å². The number of aryl methyl sites for hydroxylation is 2. The van der Waals surface area contributed by atoms with Crippen LogP contribution in [-0.2, 0) is 17.8 Å². The Bertz CT molecular complexity index is 1370. The van der Waals surface area contributed by atoms with Gasteiger partial charge >= 0.3 is 0 Å². The summed E-state index contributed by atoms with van der Waals surface area (Å²) >= 11 is 2.78. The van der Waals surface area contributed by atoms with Crippen LogP contribution in [0.25, 0.3) is 10.2 Å². The van der Waals surface area contributed by atoms with E-state index < -0.39 is 0 Å². The van der Waals surface area contributed by atoms with Crippen LogP contribution in [0.1, 0.15) is 21.6 Å². The molecule has 0 unspecified atom stereocenters. The van der Waals surface area contributed by atoms with Crippen molar-refractivity contribution in [2.45, 2.75) is 32.0 Å². The molecule has 4 aromatic rings. The van der Waals surface area contributed by atoms with Crippen molar-refractivity contribution in [3.05, 3.63) is 99.2 Å². The number of nitrogens with one attached hydrogen (secondary N) is 1. The number of hydrogen-bond acceptors (Lipinski definition) is 5. The van der Waals surface area contributed by atoms with E-state index in [4.69, 9.17) is 4.98 Å². The van der Waals surface area contributed by atoms with Gasteiger partial charge in [-0.2, -0.15) is 0 Å². The molecule has 33 heavy (non-hydrogen) atoms. The van der Waals surface area contributed by atoms with Crippen LogP contribution in [0, 0.1) is 13.8 Å². The molecule has 0 saturated heterocycles. The Hall–Kier alpha value is -3.16. The Balaban J connectivity index is 1.52. The minimum atomic E-state index is -0.140. The Morgan fingerprint density at radius 1 is 1.15 bits per heavy atom. The molecule has 2 aromatic heterocycles. The predicted molar refractivity (Wildman–Crippen MR) is 139 cm³/mol. The topological polar surface area (TPSA) is 64.0 Å². The number of amides is 1. The highest BCUT2D eigenvalue weighted by Crippen LogP contribution is 2.28. The highest BCUT2D eigenvalue weighted by atomic mass is 32.2. The lowest BCUT2D eigenvalue weighted by atomic mass is 10.0. The summed E-state index contributed by atoms with van der Waals surface area (Å²) in [4.78, 5) is 32.4. The quantitative estimate of drug-likeness (QED) is 0.205. The molecule has 0 aliphatic heterocycles. The summed E-state index contributed by atoms with van der Waals surface area (Å²) in [6, 6.07) is 18.0. The molecular formula is C26H25N3O2S2. The van der Waals surface area contributed by atoms with E-state index in [9.17, 15) is 9.59 Å². The minimum absolute atomic E-state index is 0.0853. The number of anilines is 1. The average Bonchev–Trinajstić information content (AvgIpc) is 3.10. The number of allylic oxidation sites excluding steroid dienone is 1. The van der Waals surface area contributed by atoms with E-state index in [1.807, 2.05) is 56.3 Å². The Kier molecular flexibility index (Phi) is 7.11. The smallest absolute Gasteiger partial charge is 0.263 e. The van der Waals surface area contributed by atoms with Gasteiger partial charge in [-0.1, -0.05) is 66.4 Å². The summed E-state index contributed by atoms with van der Waals surface area (Å²) in [5.74, 6) is 0.0107. The van der Waals surface area contributed by atoms with Crippen molar-refractivity contribution in [2.75, 3.05) is 11.1 Å². The molecule has 2 aromatic carbocycles. The first kappa shape index (κ1) is 23.0. The second-order valence-electron chi connectivity index (χ2n) is 7.72. The van der Waals surface area contributed by atoms with Gasteiger partial charge in [0, 0.05) is 17.1 Å². The van der Waals surface area contributed by atoms with Crippen molar-refractivity contribution >= 4 is 44.9 Å². The van der Waals surface area contributed by atoms with Crippen molar-refractivity contribution in [3.8, 4) is 0 Å². The molecule has 0 spiro atoms. The number of nitrogens with zero attached hydrogens (tertiary/aromatic N) is 2. The van der Waals surface area contributed by atoms with Gasteiger partial charge < -0.3 is 5.32 Å². The van der Waals surface area contributed by atoms with E-state index >= 15 is 0 Å². The van der Waals surface area contributed by atoms with E-state index in [1.54, 1.807) is 10.6 Å². The van der Waals surface area contributed by atoms with Crippen molar-refractivity contribution in [1.29, 1.82) is 0 Å². The maximum atomic E-state index is 13.1. The third-order valence-electron chi connectivity index (χ3n) is 5.43. The maximum absolute atomic E-state index is 13.1. The van der Waals surface area contributed by atoms with Crippen LogP contribution < -0.4 is 10.9 Å². The molecule has 4 rings (SSSR count). The lowest BCUT2D eigenvalue weighted by Crippen LogP contribution is -2.23. The number of thiophene rings is 1. The fraction of sp³-hybridized carbons (Fsp3) is 0.192. The van der Waals surface area contributed by atoms with Crippen LogP contribution >= 0.6 is 23.1 Å². The molecule has 1 N–H and O–H groups in total. The summed E-state index contributed by atoms with van der Waals surface area (Å²) < 4.78 is 1.59. The summed E-state index contributed by atoms with van der Waals surface area (Å²) in [7, 11) is 0. The number of aromatic nitrogens is 2.